The van der Waals surface area contributed by atoms with Crippen molar-refractivity contribution < 1.29 is 43.2 Å². The molecule has 0 radical (unpaired) electrons. The fraction of sp³-hybridized carbons (Fsp3) is 0.611. The first-order valence-corrected chi connectivity index (χ1v) is 19.3. The smallest absolute Gasteiger partial charge is 0.407 e. The maximum absolute atomic E-state index is 12.4. The third-order valence-electron chi connectivity index (χ3n) is 8.78. The number of hydrogen-bond acceptors (Lipinski definition) is 12. The Morgan fingerprint density at radius 2 is 1.96 bits per heavy atom. The van der Waals surface area contributed by atoms with Gasteiger partial charge in [-0.15, -0.1) is 0 Å². The van der Waals surface area contributed by atoms with Gasteiger partial charge in [0.15, 0.2) is 0 Å². The second-order valence-corrected chi connectivity index (χ2v) is 15.9. The van der Waals surface area contributed by atoms with Crippen LogP contribution >= 0.6 is 21.6 Å². The number of nitrogens with one attached hydrogen (secondary N) is 2. The first kappa shape index (κ1) is 39.9. The van der Waals surface area contributed by atoms with Crippen LogP contribution in [0.3, 0.4) is 0 Å². The average molecular weight is 734 g/mol. The van der Waals surface area contributed by atoms with Crippen molar-refractivity contribution in [3.8, 4) is 0 Å². The van der Waals surface area contributed by atoms with Gasteiger partial charge in [-0.05, 0) is 75.5 Å². The van der Waals surface area contributed by atoms with Gasteiger partial charge in [0.2, 0.25) is 5.91 Å². The van der Waals surface area contributed by atoms with Gasteiger partial charge in [-0.2, -0.15) is 0 Å². The zero-order chi connectivity index (χ0) is 36.3. The van der Waals surface area contributed by atoms with Gasteiger partial charge in [-0.25, -0.2) is 9.78 Å². The van der Waals surface area contributed by atoms with E-state index in [1.54, 1.807) is 40.8 Å². The van der Waals surface area contributed by atoms with Crippen LogP contribution < -0.4 is 10.6 Å². The third-order valence-corrected chi connectivity index (χ3v) is 11.5. The number of aliphatic hydroxyl groups is 1. The van der Waals surface area contributed by atoms with Crippen molar-refractivity contribution in [2.45, 2.75) is 119 Å². The minimum absolute atomic E-state index is 0.0166. The highest BCUT2D eigenvalue weighted by Crippen LogP contribution is 2.42. The number of rotatable bonds is 15. The highest BCUT2D eigenvalue weighted by atomic mass is 33.1. The molecule has 4 rings (SSSR count). The van der Waals surface area contributed by atoms with E-state index in [1.165, 1.54) is 13.0 Å². The molecule has 0 saturated carbocycles. The summed E-state index contributed by atoms with van der Waals surface area (Å²) in [6.07, 6.45) is 9.53. The molecule has 3 aliphatic rings. The van der Waals surface area contributed by atoms with E-state index in [9.17, 15) is 19.5 Å². The summed E-state index contributed by atoms with van der Waals surface area (Å²) >= 11 is 0. The minimum atomic E-state index is -0.821. The van der Waals surface area contributed by atoms with E-state index in [2.05, 4.69) is 28.6 Å². The summed E-state index contributed by atoms with van der Waals surface area (Å²) in [7, 11) is 3.13. The van der Waals surface area contributed by atoms with Crippen molar-refractivity contribution in [3.05, 3.63) is 60.3 Å². The van der Waals surface area contributed by atoms with E-state index in [1.807, 2.05) is 51.1 Å². The van der Waals surface area contributed by atoms with Crippen LogP contribution in [0.4, 0.5) is 4.79 Å². The first-order chi connectivity index (χ1) is 23.8. The summed E-state index contributed by atoms with van der Waals surface area (Å²) in [4.78, 5) is 40.2. The molecular formula is C36H51N3O9S2. The van der Waals surface area contributed by atoms with E-state index in [-0.39, 0.29) is 54.6 Å². The molecule has 3 fully saturated rings. The molecule has 1 spiro atoms. The molecule has 2 amide bonds. The Morgan fingerprint density at radius 3 is 2.66 bits per heavy atom. The number of allylic oxidation sites excluding steroid dienone is 2. The summed E-state index contributed by atoms with van der Waals surface area (Å²) in [6.45, 7) is 12.0. The number of carbonyl (C=O) groups is 3. The lowest BCUT2D eigenvalue weighted by molar-refractivity contribution is -0.143. The van der Waals surface area contributed by atoms with Crippen LogP contribution in [0.1, 0.15) is 60.8 Å². The van der Waals surface area contributed by atoms with Gasteiger partial charge in [0.25, 0.3) is 0 Å². The van der Waals surface area contributed by atoms with Gasteiger partial charge < -0.3 is 39.4 Å². The molecule has 276 valence electrons. The predicted molar refractivity (Wildman–Crippen MR) is 192 cm³/mol. The number of aromatic nitrogens is 1. The summed E-state index contributed by atoms with van der Waals surface area (Å²) in [5.74, 6) is -0.449. The van der Waals surface area contributed by atoms with Crippen LogP contribution in [0, 0.1) is 5.92 Å². The Morgan fingerprint density at radius 1 is 1.18 bits per heavy atom. The van der Waals surface area contributed by atoms with Gasteiger partial charge in [-0.1, -0.05) is 47.6 Å². The van der Waals surface area contributed by atoms with Crippen LogP contribution in [0.15, 0.2) is 65.4 Å². The number of ether oxygens (including phenoxy) is 5. The zero-order valence-electron chi connectivity index (χ0n) is 29.6. The molecular weight excluding hydrogens is 683 g/mol. The molecule has 10 atom stereocenters. The molecule has 3 saturated heterocycles. The van der Waals surface area contributed by atoms with Gasteiger partial charge >= 0.3 is 12.1 Å². The molecule has 0 aliphatic carbocycles. The second kappa shape index (κ2) is 19.1. The quantitative estimate of drug-likeness (QED) is 0.0736. The van der Waals surface area contributed by atoms with Gasteiger partial charge in [-0.3, -0.25) is 9.59 Å². The number of carbonyl (C=O) groups excluding carboxylic acids is 3. The molecule has 12 nitrogen and oxygen atoms in total. The number of aliphatic hydroxyl groups excluding tert-OH is 1. The molecule has 1 unspecified atom stereocenters. The highest BCUT2D eigenvalue weighted by Gasteiger charge is 2.58. The number of nitrogens with zero attached hydrogens (tertiary/aromatic N) is 1. The summed E-state index contributed by atoms with van der Waals surface area (Å²) in [5, 5.41) is 17.8. The number of hydrogen-bond donors (Lipinski definition) is 3. The summed E-state index contributed by atoms with van der Waals surface area (Å²) in [6, 6.07) is 5.60. The number of pyridine rings is 1. The van der Waals surface area contributed by atoms with E-state index < -0.39 is 36.0 Å². The van der Waals surface area contributed by atoms with Crippen molar-refractivity contribution in [3.63, 3.8) is 0 Å². The SMILES string of the molecule is CC(=O)OC(C)C=CC(=O)N[C@@H]1C[C@H](C)[C@H](C/C=C(C)/C=C/[C@H]2O[C@H](CNC(=O)OC[C@@H](C)SSc3ccccn3)C[C@@]3(CO3)[C@@H]2O)O[C@@H]1C. The van der Waals surface area contributed by atoms with Crippen LogP contribution in [-0.4, -0.2) is 101 Å². The summed E-state index contributed by atoms with van der Waals surface area (Å²) in [5.41, 5.74) is 0.327. The second-order valence-electron chi connectivity index (χ2n) is 13.3. The average Bonchev–Trinajstić information content (AvgIpc) is 3.86. The van der Waals surface area contributed by atoms with Crippen molar-refractivity contribution >= 4 is 39.6 Å². The molecule has 1 aromatic rings. The van der Waals surface area contributed by atoms with E-state index in [4.69, 9.17) is 23.7 Å². The van der Waals surface area contributed by atoms with E-state index >= 15 is 0 Å². The predicted octanol–water partition coefficient (Wildman–Crippen LogP) is 4.92. The molecule has 50 heavy (non-hydrogen) atoms. The lowest BCUT2D eigenvalue weighted by Crippen LogP contribution is -2.52. The maximum Gasteiger partial charge on any atom is 0.407 e. The maximum atomic E-state index is 12.4. The standard InChI is InChI=1S/C36H51N3O9S2/c1-22(10-13-30-23(2)17-29(26(5)47-30)39-32(41)15-12-24(3)46-27(6)40)11-14-31-34(42)36(21-45-36)18-28(48-31)19-38-35(43)44-20-25(4)49-50-33-9-7-8-16-37-33/h7-12,14-16,23-26,28-31,34,42H,13,17-21H2,1-6H3,(H,38,43)(H,39,41)/b14-11+,15-12?,22-10+/t23-,24?,25+,26+,28-,29+,30-,31+,34+,36+/m0/s1. The largest absolute Gasteiger partial charge is 0.459 e. The van der Waals surface area contributed by atoms with Gasteiger partial charge in [0.05, 0.1) is 31.0 Å². The number of esters is 1. The molecule has 3 aliphatic heterocycles. The number of alkyl carbamates (subject to hydrolysis) is 1. The van der Waals surface area contributed by atoms with Crippen molar-refractivity contribution in [2.75, 3.05) is 19.8 Å². The van der Waals surface area contributed by atoms with Crippen LogP contribution in [0.25, 0.3) is 0 Å². The molecule has 4 heterocycles. The third kappa shape index (κ3) is 12.7. The fourth-order valence-corrected chi connectivity index (χ4v) is 7.76. The van der Waals surface area contributed by atoms with Crippen molar-refractivity contribution in [2.24, 2.45) is 5.92 Å². The molecule has 0 bridgehead atoms. The molecule has 1 aromatic heterocycles. The zero-order valence-corrected chi connectivity index (χ0v) is 31.2. The van der Waals surface area contributed by atoms with Gasteiger partial charge in [0, 0.05) is 37.4 Å². The molecule has 14 heteroatoms. The summed E-state index contributed by atoms with van der Waals surface area (Å²) < 4.78 is 28.6. The Balaban J connectivity index is 1.20. The Kier molecular flexibility index (Phi) is 15.2. The normalized spacial score (nSPS) is 30.9. The van der Waals surface area contributed by atoms with Crippen LogP contribution in [0.2, 0.25) is 0 Å². The minimum Gasteiger partial charge on any atom is -0.459 e. The topological polar surface area (TPSA) is 158 Å². The molecule has 3 N–H and O–H groups in total. The Bertz CT molecular complexity index is 1370. The Hall–Kier alpha value is -2.88. The van der Waals surface area contributed by atoms with Crippen molar-refractivity contribution in [1.29, 1.82) is 0 Å². The van der Waals surface area contributed by atoms with E-state index in [0.29, 0.717) is 19.4 Å². The fourth-order valence-electron chi connectivity index (χ4n) is 5.88. The van der Waals surface area contributed by atoms with E-state index in [0.717, 1.165) is 17.0 Å². The van der Waals surface area contributed by atoms with Gasteiger partial charge in [0.1, 0.15) is 35.5 Å². The van der Waals surface area contributed by atoms with Crippen LogP contribution in [0.5, 0.6) is 0 Å². The number of epoxide rings is 1. The monoisotopic (exact) mass is 733 g/mol. The highest BCUT2D eigenvalue weighted by molar-refractivity contribution is 8.76. The lowest BCUT2D eigenvalue weighted by Gasteiger charge is -2.39. The number of amides is 2. The lowest BCUT2D eigenvalue weighted by atomic mass is 9.87. The first-order valence-electron chi connectivity index (χ1n) is 17.1. The van der Waals surface area contributed by atoms with Crippen LogP contribution in [-0.2, 0) is 33.3 Å². The molecule has 0 aromatic carbocycles. The Labute approximate surface area is 302 Å². The van der Waals surface area contributed by atoms with Crippen molar-refractivity contribution in [1.82, 2.24) is 15.6 Å².